The summed E-state index contributed by atoms with van der Waals surface area (Å²) in [6, 6.07) is 10.7. The summed E-state index contributed by atoms with van der Waals surface area (Å²) in [5.74, 6) is 0. The minimum absolute atomic E-state index is 0. The van der Waals surface area contributed by atoms with Gasteiger partial charge in [-0.2, -0.15) is 0 Å². The molecule has 0 unspecified atom stereocenters. The molecule has 2 heteroatoms. The van der Waals surface area contributed by atoms with Crippen molar-refractivity contribution in [1.29, 1.82) is 0 Å². The van der Waals surface area contributed by atoms with Crippen molar-refractivity contribution in [1.82, 2.24) is 5.32 Å². The van der Waals surface area contributed by atoms with E-state index in [0.29, 0.717) is 0 Å². The van der Waals surface area contributed by atoms with E-state index in [4.69, 9.17) is 0 Å². The van der Waals surface area contributed by atoms with Gasteiger partial charge in [0, 0.05) is 0 Å². The molecular formula is C14H23ClN-. The fraction of sp³-hybridized carbons (Fsp3) is 0.571. The summed E-state index contributed by atoms with van der Waals surface area (Å²) in [7, 11) is 0. The molecule has 0 amide bonds. The topological polar surface area (TPSA) is 12.0 Å². The Bertz CT molecular complexity index is 236. The molecule has 1 rings (SSSR count). The van der Waals surface area contributed by atoms with E-state index in [-0.39, 0.29) is 12.4 Å². The molecule has 0 fully saturated rings. The van der Waals surface area contributed by atoms with Crippen LogP contribution >= 0.6 is 0 Å². The highest BCUT2D eigenvalue weighted by atomic mass is 35.5. The second-order valence-electron chi connectivity index (χ2n) is 4.05. The lowest BCUT2D eigenvalue weighted by Gasteiger charge is -2.03. The first-order valence-electron chi connectivity index (χ1n) is 6.18. The lowest BCUT2D eigenvalue weighted by Crippen LogP contribution is -3.00. The SMILES string of the molecule is CCCCNCCCCc1ccccc1.[Cl-]. The minimum Gasteiger partial charge on any atom is -1.00 e. The van der Waals surface area contributed by atoms with Gasteiger partial charge in [0.1, 0.15) is 0 Å². The fourth-order valence-corrected chi connectivity index (χ4v) is 1.65. The maximum absolute atomic E-state index is 3.47. The van der Waals surface area contributed by atoms with Crippen LogP contribution in [-0.4, -0.2) is 13.1 Å². The van der Waals surface area contributed by atoms with E-state index in [1.54, 1.807) is 0 Å². The molecule has 16 heavy (non-hydrogen) atoms. The molecule has 0 saturated heterocycles. The summed E-state index contributed by atoms with van der Waals surface area (Å²) in [5, 5.41) is 3.47. The van der Waals surface area contributed by atoms with E-state index in [9.17, 15) is 0 Å². The van der Waals surface area contributed by atoms with Gasteiger partial charge in [0.15, 0.2) is 0 Å². The Hall–Kier alpha value is -0.530. The summed E-state index contributed by atoms with van der Waals surface area (Å²) in [6.45, 7) is 4.59. The number of hydrogen-bond acceptors (Lipinski definition) is 1. The summed E-state index contributed by atoms with van der Waals surface area (Å²) in [6.07, 6.45) is 6.40. The van der Waals surface area contributed by atoms with Crippen LogP contribution in [0.25, 0.3) is 0 Å². The van der Waals surface area contributed by atoms with Crippen molar-refractivity contribution in [2.45, 2.75) is 39.0 Å². The van der Waals surface area contributed by atoms with Gasteiger partial charge in [-0.25, -0.2) is 0 Å². The number of hydrogen-bond donors (Lipinski definition) is 1. The van der Waals surface area contributed by atoms with Crippen LogP contribution < -0.4 is 17.7 Å². The fourth-order valence-electron chi connectivity index (χ4n) is 1.65. The van der Waals surface area contributed by atoms with Crippen molar-refractivity contribution in [3.8, 4) is 0 Å². The molecular weight excluding hydrogens is 218 g/mol. The smallest absolute Gasteiger partial charge is 0.00488 e. The van der Waals surface area contributed by atoms with Gasteiger partial charge < -0.3 is 17.7 Å². The predicted molar refractivity (Wildman–Crippen MR) is 67.2 cm³/mol. The monoisotopic (exact) mass is 240 g/mol. The highest BCUT2D eigenvalue weighted by Gasteiger charge is 1.92. The molecule has 0 bridgehead atoms. The van der Waals surface area contributed by atoms with Crippen molar-refractivity contribution >= 4 is 0 Å². The zero-order chi connectivity index (χ0) is 10.8. The maximum Gasteiger partial charge on any atom is -0.00488 e. The Morgan fingerprint density at radius 1 is 0.938 bits per heavy atom. The van der Waals surface area contributed by atoms with Crippen LogP contribution in [0.4, 0.5) is 0 Å². The quantitative estimate of drug-likeness (QED) is 0.649. The van der Waals surface area contributed by atoms with Crippen LogP contribution in [0, 0.1) is 0 Å². The Morgan fingerprint density at radius 3 is 2.31 bits per heavy atom. The van der Waals surface area contributed by atoms with E-state index in [1.165, 1.54) is 50.8 Å². The zero-order valence-electron chi connectivity index (χ0n) is 10.2. The molecule has 0 aliphatic carbocycles. The summed E-state index contributed by atoms with van der Waals surface area (Å²) in [5.41, 5.74) is 1.46. The van der Waals surface area contributed by atoms with Gasteiger partial charge in [-0.3, -0.25) is 0 Å². The number of benzene rings is 1. The Balaban J connectivity index is 0.00000225. The molecule has 0 radical (unpaired) electrons. The van der Waals surface area contributed by atoms with Crippen molar-refractivity contribution in [2.24, 2.45) is 0 Å². The highest BCUT2D eigenvalue weighted by Crippen LogP contribution is 2.03. The first-order valence-corrected chi connectivity index (χ1v) is 6.18. The van der Waals surface area contributed by atoms with Gasteiger partial charge >= 0.3 is 0 Å². The molecule has 92 valence electrons. The predicted octanol–water partition coefficient (Wildman–Crippen LogP) is 0.403. The molecule has 1 N–H and O–H groups in total. The molecule has 0 aromatic heterocycles. The lowest BCUT2D eigenvalue weighted by atomic mass is 10.1. The molecule has 1 aromatic carbocycles. The van der Waals surface area contributed by atoms with E-state index in [1.807, 2.05) is 0 Å². The number of halogens is 1. The second-order valence-corrected chi connectivity index (χ2v) is 4.05. The molecule has 0 atom stereocenters. The number of rotatable bonds is 8. The zero-order valence-corrected chi connectivity index (χ0v) is 11.0. The van der Waals surface area contributed by atoms with Crippen molar-refractivity contribution < 1.29 is 12.4 Å². The Kier molecular flexibility index (Phi) is 10.6. The van der Waals surface area contributed by atoms with Crippen LogP contribution in [0.3, 0.4) is 0 Å². The highest BCUT2D eigenvalue weighted by molar-refractivity contribution is 5.14. The van der Waals surface area contributed by atoms with Gasteiger partial charge in [0.25, 0.3) is 0 Å². The van der Waals surface area contributed by atoms with Gasteiger partial charge in [0.05, 0.1) is 0 Å². The normalized spacial score (nSPS) is 9.81. The number of nitrogens with one attached hydrogen (secondary N) is 1. The third-order valence-electron chi connectivity index (χ3n) is 2.62. The Morgan fingerprint density at radius 2 is 1.62 bits per heavy atom. The minimum atomic E-state index is 0. The molecule has 0 heterocycles. The van der Waals surface area contributed by atoms with Gasteiger partial charge in [-0.05, 0) is 44.3 Å². The standard InChI is InChI=1S/C14H23N.ClH/c1-2-3-12-15-13-8-7-11-14-9-5-4-6-10-14;/h4-6,9-10,15H,2-3,7-8,11-13H2,1H3;1H/p-1. The molecule has 0 aliphatic heterocycles. The van der Waals surface area contributed by atoms with Crippen molar-refractivity contribution in [3.63, 3.8) is 0 Å². The van der Waals surface area contributed by atoms with Gasteiger partial charge in [-0.1, -0.05) is 43.7 Å². The van der Waals surface area contributed by atoms with Crippen LogP contribution in [0.1, 0.15) is 38.2 Å². The molecule has 0 spiro atoms. The van der Waals surface area contributed by atoms with Crippen LogP contribution in [0.15, 0.2) is 30.3 Å². The van der Waals surface area contributed by atoms with Crippen LogP contribution in [-0.2, 0) is 6.42 Å². The van der Waals surface area contributed by atoms with E-state index >= 15 is 0 Å². The summed E-state index contributed by atoms with van der Waals surface area (Å²) in [4.78, 5) is 0. The van der Waals surface area contributed by atoms with E-state index in [0.717, 1.165) is 0 Å². The molecule has 0 saturated carbocycles. The number of unbranched alkanes of at least 4 members (excludes halogenated alkanes) is 2. The number of aryl methyl sites for hydroxylation is 1. The van der Waals surface area contributed by atoms with E-state index < -0.39 is 0 Å². The third kappa shape index (κ3) is 7.72. The average molecular weight is 241 g/mol. The van der Waals surface area contributed by atoms with Gasteiger partial charge in [-0.15, -0.1) is 0 Å². The van der Waals surface area contributed by atoms with Crippen LogP contribution in [0.5, 0.6) is 0 Å². The average Bonchev–Trinajstić information content (AvgIpc) is 2.29. The molecule has 0 aliphatic rings. The summed E-state index contributed by atoms with van der Waals surface area (Å²) < 4.78 is 0. The second kappa shape index (κ2) is 11.0. The van der Waals surface area contributed by atoms with Crippen molar-refractivity contribution in [2.75, 3.05) is 13.1 Å². The largest absolute Gasteiger partial charge is 1.00 e. The molecule has 1 nitrogen and oxygen atoms in total. The maximum atomic E-state index is 3.47. The third-order valence-corrected chi connectivity index (χ3v) is 2.62. The summed E-state index contributed by atoms with van der Waals surface area (Å²) >= 11 is 0. The van der Waals surface area contributed by atoms with Crippen molar-refractivity contribution in [3.05, 3.63) is 35.9 Å². The molecule has 1 aromatic rings. The Labute approximate surface area is 106 Å². The lowest BCUT2D eigenvalue weighted by molar-refractivity contribution is -0.00000326. The van der Waals surface area contributed by atoms with Gasteiger partial charge in [0.2, 0.25) is 0 Å². The first kappa shape index (κ1) is 15.5. The first-order chi connectivity index (χ1) is 7.43. The van der Waals surface area contributed by atoms with E-state index in [2.05, 4.69) is 42.6 Å². The van der Waals surface area contributed by atoms with Crippen LogP contribution in [0.2, 0.25) is 0 Å².